The van der Waals surface area contributed by atoms with Crippen molar-refractivity contribution < 1.29 is 0 Å². The Hall–Kier alpha value is -1.86. The fourth-order valence-electron chi connectivity index (χ4n) is 1.97. The van der Waals surface area contributed by atoms with Crippen LogP contribution in [-0.2, 0) is 13.0 Å². The van der Waals surface area contributed by atoms with Crippen molar-refractivity contribution in [3.63, 3.8) is 0 Å². The maximum absolute atomic E-state index is 5.29. The molecule has 0 aliphatic heterocycles. The quantitative estimate of drug-likeness (QED) is 0.753. The van der Waals surface area contributed by atoms with Gasteiger partial charge in [-0.25, -0.2) is 4.98 Å². The van der Waals surface area contributed by atoms with Gasteiger partial charge in [0.05, 0.1) is 10.7 Å². The van der Waals surface area contributed by atoms with E-state index in [9.17, 15) is 0 Å². The van der Waals surface area contributed by atoms with Gasteiger partial charge in [-0.05, 0) is 31.3 Å². The topological polar surface area (TPSA) is 59.4 Å². The smallest absolute Gasteiger partial charge is 0.195 e. The summed E-state index contributed by atoms with van der Waals surface area (Å²) in [6, 6.07) is 5.75. The molecule has 7 heteroatoms. The number of aromatic nitrogens is 5. The van der Waals surface area contributed by atoms with Crippen molar-refractivity contribution in [1.29, 1.82) is 0 Å². The van der Waals surface area contributed by atoms with E-state index in [4.69, 9.17) is 12.2 Å². The van der Waals surface area contributed by atoms with Crippen LogP contribution in [0.1, 0.15) is 10.7 Å². The highest BCUT2D eigenvalue weighted by Crippen LogP contribution is 2.15. The summed E-state index contributed by atoms with van der Waals surface area (Å²) in [7, 11) is 0. The molecule has 1 N–H and O–H groups in total. The first-order valence-electron chi connectivity index (χ1n) is 6.21. The molecule has 3 aromatic rings. The Kier molecular flexibility index (Phi) is 3.70. The zero-order valence-electron chi connectivity index (χ0n) is 10.9. The lowest BCUT2D eigenvalue weighted by Gasteiger charge is -2.04. The zero-order chi connectivity index (χ0) is 13.9. The van der Waals surface area contributed by atoms with E-state index in [1.807, 2.05) is 29.7 Å². The normalized spacial score (nSPS) is 10.8. The van der Waals surface area contributed by atoms with Gasteiger partial charge in [0.15, 0.2) is 10.6 Å². The number of pyridine rings is 1. The highest BCUT2D eigenvalue weighted by molar-refractivity contribution is 7.71. The van der Waals surface area contributed by atoms with E-state index in [0.29, 0.717) is 4.77 Å². The fourth-order valence-corrected chi connectivity index (χ4v) is 2.84. The highest BCUT2D eigenvalue weighted by Gasteiger charge is 2.10. The standard InChI is InChI=1S/C13H13N5S2/c1-9-15-10(8-20-9)5-7-18-12(16-17-13(18)19)11-4-2-3-6-14-11/h2-4,6,8H,5,7H2,1H3,(H,17,19). The molecule has 102 valence electrons. The summed E-state index contributed by atoms with van der Waals surface area (Å²) >= 11 is 6.96. The summed E-state index contributed by atoms with van der Waals surface area (Å²) in [5.41, 5.74) is 1.90. The van der Waals surface area contributed by atoms with Gasteiger partial charge in [0, 0.05) is 24.5 Å². The molecule has 5 nitrogen and oxygen atoms in total. The van der Waals surface area contributed by atoms with E-state index >= 15 is 0 Å². The van der Waals surface area contributed by atoms with E-state index in [0.717, 1.165) is 35.2 Å². The van der Waals surface area contributed by atoms with E-state index in [1.54, 1.807) is 17.5 Å². The molecule has 0 radical (unpaired) electrons. The Labute approximate surface area is 125 Å². The highest BCUT2D eigenvalue weighted by atomic mass is 32.1. The monoisotopic (exact) mass is 303 g/mol. The van der Waals surface area contributed by atoms with Crippen molar-refractivity contribution >= 4 is 23.6 Å². The third-order valence-corrected chi connectivity index (χ3v) is 4.04. The molecule has 20 heavy (non-hydrogen) atoms. The van der Waals surface area contributed by atoms with E-state index in [-0.39, 0.29) is 0 Å². The molecule has 3 heterocycles. The maximum atomic E-state index is 5.29. The zero-order valence-corrected chi connectivity index (χ0v) is 12.5. The van der Waals surface area contributed by atoms with E-state index < -0.39 is 0 Å². The van der Waals surface area contributed by atoms with Gasteiger partial charge >= 0.3 is 0 Å². The molecular formula is C13H13N5S2. The Morgan fingerprint density at radius 1 is 1.40 bits per heavy atom. The third kappa shape index (κ3) is 2.68. The van der Waals surface area contributed by atoms with Crippen LogP contribution in [0, 0.1) is 11.7 Å². The van der Waals surface area contributed by atoms with Gasteiger partial charge < -0.3 is 0 Å². The molecule has 0 bridgehead atoms. The van der Waals surface area contributed by atoms with E-state index in [2.05, 4.69) is 25.5 Å². The molecule has 0 atom stereocenters. The number of hydrogen-bond donors (Lipinski definition) is 1. The van der Waals surface area contributed by atoms with Crippen LogP contribution in [0.5, 0.6) is 0 Å². The third-order valence-electron chi connectivity index (χ3n) is 2.91. The fraction of sp³-hybridized carbons (Fsp3) is 0.231. The number of thiazole rings is 1. The summed E-state index contributed by atoms with van der Waals surface area (Å²) in [6.07, 6.45) is 2.58. The Bertz CT molecular complexity index is 756. The van der Waals surface area contributed by atoms with Crippen molar-refractivity contribution in [1.82, 2.24) is 24.7 Å². The summed E-state index contributed by atoms with van der Waals surface area (Å²) in [5, 5.41) is 10.3. The summed E-state index contributed by atoms with van der Waals surface area (Å²) in [5.74, 6) is 0.766. The first-order chi connectivity index (χ1) is 9.74. The van der Waals surface area contributed by atoms with Crippen LogP contribution < -0.4 is 0 Å². The first kappa shape index (κ1) is 13.1. The minimum atomic E-state index is 0.609. The number of aryl methyl sites for hydroxylation is 2. The second-order valence-electron chi connectivity index (χ2n) is 4.33. The molecule has 0 spiro atoms. The van der Waals surface area contributed by atoms with Crippen LogP contribution in [0.2, 0.25) is 0 Å². The van der Waals surface area contributed by atoms with Gasteiger partial charge in [-0.1, -0.05) is 6.07 Å². The molecule has 0 saturated heterocycles. The molecular weight excluding hydrogens is 290 g/mol. The average Bonchev–Trinajstić information content (AvgIpc) is 3.04. The lowest BCUT2D eigenvalue weighted by molar-refractivity contribution is 0.681. The Morgan fingerprint density at radius 2 is 2.30 bits per heavy atom. The van der Waals surface area contributed by atoms with Gasteiger partial charge in [-0.15, -0.1) is 11.3 Å². The number of H-pyrrole nitrogens is 1. The maximum Gasteiger partial charge on any atom is 0.195 e. The van der Waals surface area contributed by atoms with E-state index in [1.165, 1.54) is 0 Å². The molecule has 0 aromatic carbocycles. The molecule has 0 fully saturated rings. The molecule has 0 saturated carbocycles. The predicted molar refractivity (Wildman–Crippen MR) is 81.2 cm³/mol. The van der Waals surface area contributed by atoms with Gasteiger partial charge in [0.25, 0.3) is 0 Å². The molecule has 0 aliphatic carbocycles. The number of nitrogens with zero attached hydrogens (tertiary/aromatic N) is 4. The minimum absolute atomic E-state index is 0.609. The summed E-state index contributed by atoms with van der Waals surface area (Å²) in [4.78, 5) is 8.79. The van der Waals surface area contributed by atoms with Crippen LogP contribution in [0.4, 0.5) is 0 Å². The minimum Gasteiger partial charge on any atom is -0.298 e. The van der Waals surface area contributed by atoms with Gasteiger partial charge in [0.1, 0.15) is 5.69 Å². The predicted octanol–water partition coefficient (Wildman–Crippen LogP) is 3.01. The summed E-state index contributed by atoms with van der Waals surface area (Å²) < 4.78 is 2.57. The first-order valence-corrected chi connectivity index (χ1v) is 7.50. The van der Waals surface area contributed by atoms with Crippen LogP contribution in [-0.4, -0.2) is 24.7 Å². The van der Waals surface area contributed by atoms with Crippen molar-refractivity contribution in [2.24, 2.45) is 0 Å². The van der Waals surface area contributed by atoms with Crippen molar-refractivity contribution in [3.05, 3.63) is 45.2 Å². The number of nitrogens with one attached hydrogen (secondary N) is 1. The summed E-state index contributed by atoms with van der Waals surface area (Å²) in [6.45, 7) is 2.75. The second kappa shape index (κ2) is 5.64. The second-order valence-corrected chi connectivity index (χ2v) is 5.78. The Morgan fingerprint density at radius 3 is 3.00 bits per heavy atom. The lowest BCUT2D eigenvalue weighted by atomic mass is 10.3. The largest absolute Gasteiger partial charge is 0.298 e. The van der Waals surface area contributed by atoms with Gasteiger partial charge in [0.2, 0.25) is 0 Å². The number of rotatable bonds is 4. The van der Waals surface area contributed by atoms with Gasteiger partial charge in [-0.2, -0.15) is 5.10 Å². The average molecular weight is 303 g/mol. The van der Waals surface area contributed by atoms with Crippen LogP contribution in [0.25, 0.3) is 11.5 Å². The molecule has 0 amide bonds. The molecule has 3 rings (SSSR count). The molecule has 0 aliphatic rings. The van der Waals surface area contributed by atoms with Crippen molar-refractivity contribution in [2.45, 2.75) is 19.9 Å². The number of hydrogen-bond acceptors (Lipinski definition) is 5. The van der Waals surface area contributed by atoms with Crippen molar-refractivity contribution in [3.8, 4) is 11.5 Å². The lowest BCUT2D eigenvalue weighted by Crippen LogP contribution is -2.04. The molecule has 3 aromatic heterocycles. The number of aromatic amines is 1. The van der Waals surface area contributed by atoms with Crippen molar-refractivity contribution in [2.75, 3.05) is 0 Å². The van der Waals surface area contributed by atoms with Crippen LogP contribution in [0.15, 0.2) is 29.8 Å². The van der Waals surface area contributed by atoms with Crippen LogP contribution >= 0.6 is 23.6 Å². The van der Waals surface area contributed by atoms with Gasteiger partial charge in [-0.3, -0.25) is 14.6 Å². The van der Waals surface area contributed by atoms with Crippen LogP contribution in [0.3, 0.4) is 0 Å². The SMILES string of the molecule is Cc1nc(CCn2c(-c3ccccn3)n[nH]c2=S)cs1. The molecule has 0 unspecified atom stereocenters. The Balaban J connectivity index is 1.86.